The van der Waals surface area contributed by atoms with Crippen LogP contribution in [0.2, 0.25) is 0 Å². The summed E-state index contributed by atoms with van der Waals surface area (Å²) in [6, 6.07) is 10.6. The molecule has 0 spiro atoms. The lowest BCUT2D eigenvalue weighted by Gasteiger charge is -2.03. The van der Waals surface area contributed by atoms with Gasteiger partial charge in [0.25, 0.3) is 5.91 Å². The van der Waals surface area contributed by atoms with E-state index in [4.69, 9.17) is 4.74 Å². The Morgan fingerprint density at radius 3 is 2.64 bits per heavy atom. The van der Waals surface area contributed by atoms with Gasteiger partial charge in [0.15, 0.2) is 0 Å². The van der Waals surface area contributed by atoms with Gasteiger partial charge in [-0.25, -0.2) is 10.3 Å². The highest BCUT2D eigenvalue weighted by Gasteiger charge is 2.19. The third kappa shape index (κ3) is 2.10. The minimum Gasteiger partial charge on any atom is -0.465 e. The van der Waals surface area contributed by atoms with Gasteiger partial charge in [-0.05, 0) is 24.3 Å². The van der Waals surface area contributed by atoms with Crippen LogP contribution >= 0.6 is 0 Å². The SMILES string of the molecule is CONC(=O)c1ccc2c(C(=O)OC)c3ccccn3c2c1. The quantitative estimate of drug-likeness (QED) is 0.594. The van der Waals surface area contributed by atoms with Crippen LogP contribution in [0.1, 0.15) is 20.7 Å². The van der Waals surface area contributed by atoms with Crippen LogP contribution in [0, 0.1) is 0 Å². The predicted molar refractivity (Wildman–Crippen MR) is 80.7 cm³/mol. The zero-order valence-corrected chi connectivity index (χ0v) is 12.1. The molecule has 6 heteroatoms. The van der Waals surface area contributed by atoms with Gasteiger partial charge in [-0.1, -0.05) is 12.1 Å². The highest BCUT2D eigenvalue weighted by atomic mass is 16.6. The van der Waals surface area contributed by atoms with Crippen LogP contribution in [0.4, 0.5) is 0 Å². The summed E-state index contributed by atoms with van der Waals surface area (Å²) in [5.74, 6) is -0.761. The molecular weight excluding hydrogens is 284 g/mol. The summed E-state index contributed by atoms with van der Waals surface area (Å²) >= 11 is 0. The second kappa shape index (κ2) is 5.50. The molecule has 1 amide bonds. The van der Waals surface area contributed by atoms with E-state index < -0.39 is 5.97 Å². The van der Waals surface area contributed by atoms with E-state index in [0.717, 1.165) is 16.4 Å². The third-order valence-electron chi connectivity index (χ3n) is 3.49. The monoisotopic (exact) mass is 298 g/mol. The number of esters is 1. The van der Waals surface area contributed by atoms with Gasteiger partial charge in [0.1, 0.15) is 0 Å². The largest absolute Gasteiger partial charge is 0.465 e. The molecule has 3 rings (SSSR count). The summed E-state index contributed by atoms with van der Waals surface area (Å²) < 4.78 is 6.73. The number of carbonyl (C=O) groups is 2. The first-order valence-electron chi connectivity index (χ1n) is 6.62. The Bertz CT molecular complexity index is 882. The number of rotatable bonds is 3. The number of pyridine rings is 1. The van der Waals surface area contributed by atoms with Gasteiger partial charge in [0.2, 0.25) is 0 Å². The number of carbonyl (C=O) groups excluding carboxylic acids is 2. The minimum absolute atomic E-state index is 0.352. The van der Waals surface area contributed by atoms with E-state index in [1.165, 1.54) is 14.2 Å². The number of benzene rings is 1. The lowest BCUT2D eigenvalue weighted by atomic mass is 10.1. The van der Waals surface area contributed by atoms with Gasteiger partial charge in [-0.2, -0.15) is 0 Å². The zero-order chi connectivity index (χ0) is 15.7. The first kappa shape index (κ1) is 14.1. The summed E-state index contributed by atoms with van der Waals surface area (Å²) in [7, 11) is 2.72. The van der Waals surface area contributed by atoms with E-state index >= 15 is 0 Å². The van der Waals surface area contributed by atoms with E-state index in [0.29, 0.717) is 11.1 Å². The number of methoxy groups -OCH3 is 1. The number of ether oxygens (including phenoxy) is 1. The van der Waals surface area contributed by atoms with Crippen molar-refractivity contribution in [2.24, 2.45) is 0 Å². The van der Waals surface area contributed by atoms with Crippen LogP contribution < -0.4 is 5.48 Å². The molecular formula is C16H14N2O4. The van der Waals surface area contributed by atoms with Crippen molar-refractivity contribution in [1.29, 1.82) is 0 Å². The molecule has 22 heavy (non-hydrogen) atoms. The van der Waals surface area contributed by atoms with Gasteiger partial charge in [-0.15, -0.1) is 0 Å². The number of fused-ring (bicyclic) bond motifs is 3. The summed E-state index contributed by atoms with van der Waals surface area (Å²) in [5.41, 5.74) is 4.68. The van der Waals surface area contributed by atoms with Crippen LogP contribution in [0.3, 0.4) is 0 Å². The summed E-state index contributed by atoms with van der Waals surface area (Å²) in [6.07, 6.45) is 1.84. The first-order chi connectivity index (χ1) is 10.7. The van der Waals surface area contributed by atoms with Gasteiger partial charge < -0.3 is 9.14 Å². The lowest BCUT2D eigenvalue weighted by Crippen LogP contribution is -2.21. The second-order valence-electron chi connectivity index (χ2n) is 4.69. The molecule has 0 unspecified atom stereocenters. The highest BCUT2D eigenvalue weighted by Crippen LogP contribution is 2.28. The van der Waals surface area contributed by atoms with Crippen molar-refractivity contribution in [3.8, 4) is 0 Å². The Kier molecular flexibility index (Phi) is 3.52. The molecule has 0 saturated carbocycles. The van der Waals surface area contributed by atoms with Crippen LogP contribution in [0.15, 0.2) is 42.6 Å². The van der Waals surface area contributed by atoms with Crippen molar-refractivity contribution < 1.29 is 19.2 Å². The highest BCUT2D eigenvalue weighted by molar-refractivity contribution is 6.12. The normalized spacial score (nSPS) is 10.8. The molecule has 2 aromatic heterocycles. The van der Waals surface area contributed by atoms with E-state index in [2.05, 4.69) is 10.3 Å². The molecule has 0 fully saturated rings. The van der Waals surface area contributed by atoms with Crippen LogP contribution in [0.25, 0.3) is 16.4 Å². The Morgan fingerprint density at radius 1 is 1.09 bits per heavy atom. The molecule has 6 nitrogen and oxygen atoms in total. The maximum atomic E-state index is 12.1. The summed E-state index contributed by atoms with van der Waals surface area (Å²) in [4.78, 5) is 28.6. The molecule has 1 N–H and O–H groups in total. The molecule has 0 aliphatic heterocycles. The zero-order valence-electron chi connectivity index (χ0n) is 12.1. The molecule has 0 radical (unpaired) electrons. The smallest absolute Gasteiger partial charge is 0.340 e. The Hall–Kier alpha value is -2.86. The van der Waals surface area contributed by atoms with Crippen molar-refractivity contribution in [3.63, 3.8) is 0 Å². The average molecular weight is 298 g/mol. The van der Waals surface area contributed by atoms with Crippen LogP contribution in [-0.4, -0.2) is 30.5 Å². The van der Waals surface area contributed by atoms with Gasteiger partial charge in [0, 0.05) is 17.1 Å². The molecule has 2 heterocycles. The van der Waals surface area contributed by atoms with Crippen LogP contribution in [-0.2, 0) is 9.57 Å². The van der Waals surface area contributed by atoms with Crippen molar-refractivity contribution >= 4 is 28.3 Å². The number of nitrogens with zero attached hydrogens (tertiary/aromatic N) is 1. The third-order valence-corrected chi connectivity index (χ3v) is 3.49. The topological polar surface area (TPSA) is 69.0 Å². The number of hydrogen-bond acceptors (Lipinski definition) is 4. The fourth-order valence-corrected chi connectivity index (χ4v) is 2.55. The minimum atomic E-state index is -0.409. The van der Waals surface area contributed by atoms with E-state index in [9.17, 15) is 9.59 Å². The molecule has 112 valence electrons. The molecule has 1 aromatic carbocycles. The Labute approximate surface area is 126 Å². The fourth-order valence-electron chi connectivity index (χ4n) is 2.55. The van der Waals surface area contributed by atoms with Crippen molar-refractivity contribution in [2.75, 3.05) is 14.2 Å². The number of amides is 1. The van der Waals surface area contributed by atoms with Crippen molar-refractivity contribution in [2.45, 2.75) is 0 Å². The van der Waals surface area contributed by atoms with Gasteiger partial charge in [-0.3, -0.25) is 9.63 Å². The second-order valence-corrected chi connectivity index (χ2v) is 4.69. The summed E-state index contributed by atoms with van der Waals surface area (Å²) in [6.45, 7) is 0. The Morgan fingerprint density at radius 2 is 1.91 bits per heavy atom. The van der Waals surface area contributed by atoms with E-state index in [1.807, 2.05) is 28.8 Å². The maximum Gasteiger partial charge on any atom is 0.340 e. The molecule has 0 bridgehead atoms. The molecule has 0 atom stereocenters. The number of hydrogen-bond donors (Lipinski definition) is 1. The molecule has 3 aromatic rings. The van der Waals surface area contributed by atoms with Gasteiger partial charge >= 0.3 is 5.97 Å². The fraction of sp³-hybridized carbons (Fsp3) is 0.125. The number of aromatic nitrogens is 1. The van der Waals surface area contributed by atoms with E-state index in [1.54, 1.807) is 18.2 Å². The number of nitrogens with one attached hydrogen (secondary N) is 1. The summed E-state index contributed by atoms with van der Waals surface area (Å²) in [5, 5.41) is 0.729. The first-order valence-corrected chi connectivity index (χ1v) is 6.62. The van der Waals surface area contributed by atoms with Crippen molar-refractivity contribution in [1.82, 2.24) is 9.88 Å². The molecule has 0 aliphatic rings. The maximum absolute atomic E-state index is 12.1. The van der Waals surface area contributed by atoms with E-state index in [-0.39, 0.29) is 5.91 Å². The average Bonchev–Trinajstić information content (AvgIpc) is 2.88. The Balaban J connectivity index is 2.31. The standard InChI is InChI=1S/C16H14N2O4/c1-21-16(20)14-11-7-6-10(15(19)17-22-2)9-13(11)18-8-4-3-5-12(14)18/h3-9H,1-2H3,(H,17,19). The lowest BCUT2D eigenvalue weighted by molar-refractivity contribution is 0.0537. The predicted octanol–water partition coefficient (Wildman–Crippen LogP) is 2.17. The van der Waals surface area contributed by atoms with Crippen molar-refractivity contribution in [3.05, 3.63) is 53.7 Å². The van der Waals surface area contributed by atoms with Gasteiger partial charge in [0.05, 0.1) is 30.8 Å². The molecule has 0 aliphatic carbocycles. The number of hydroxylamine groups is 1. The molecule has 0 saturated heterocycles. The van der Waals surface area contributed by atoms with Crippen LogP contribution in [0.5, 0.6) is 0 Å².